The molecule has 1 unspecified atom stereocenters. The van der Waals surface area contributed by atoms with E-state index in [1.54, 1.807) is 0 Å². The van der Waals surface area contributed by atoms with Crippen molar-refractivity contribution in [2.45, 2.75) is 10.1 Å². The quantitative estimate of drug-likeness (QED) is 0.776. The van der Waals surface area contributed by atoms with Gasteiger partial charge in [0.2, 0.25) is 5.91 Å². The number of rotatable bonds is 4. The zero-order valence-corrected chi connectivity index (χ0v) is 16.2. The molecule has 2 aromatic carbocycles. The summed E-state index contributed by atoms with van der Waals surface area (Å²) in [5, 5.41) is 2.78. The van der Waals surface area contributed by atoms with Crippen molar-refractivity contribution in [1.29, 1.82) is 0 Å². The van der Waals surface area contributed by atoms with E-state index in [2.05, 4.69) is 5.32 Å². The predicted octanol–water partition coefficient (Wildman–Crippen LogP) is 3.90. The van der Waals surface area contributed by atoms with Gasteiger partial charge in [-0.2, -0.15) is 0 Å². The molecule has 3 nitrogen and oxygen atoms in total. The van der Waals surface area contributed by atoms with Gasteiger partial charge < -0.3 is 10.2 Å². The highest BCUT2D eigenvalue weighted by molar-refractivity contribution is 8.00. The third-order valence-corrected chi connectivity index (χ3v) is 6.44. The number of nitrogens with one attached hydrogen (secondary N) is 1. The van der Waals surface area contributed by atoms with Crippen LogP contribution in [0.15, 0.2) is 53.4 Å². The number of amides is 1. The zero-order chi connectivity index (χ0) is 18.1. The smallest absolute Gasteiger partial charge is 0.240 e. The van der Waals surface area contributed by atoms with E-state index in [4.69, 9.17) is 0 Å². The Hall–Kier alpha value is -1.63. The summed E-state index contributed by atoms with van der Waals surface area (Å²) in [4.78, 5) is 15.3. The Morgan fingerprint density at radius 2 is 1.74 bits per heavy atom. The Labute approximate surface area is 167 Å². The van der Waals surface area contributed by atoms with E-state index in [1.807, 2.05) is 35.2 Å². The molecule has 2 fully saturated rings. The van der Waals surface area contributed by atoms with Crippen molar-refractivity contribution in [3.63, 3.8) is 0 Å². The number of nitrogens with zero attached hydrogens (tertiary/aromatic N) is 1. The molecule has 144 valence electrons. The van der Waals surface area contributed by atoms with E-state index in [9.17, 15) is 13.6 Å². The Kier molecular flexibility index (Phi) is 6.40. The summed E-state index contributed by atoms with van der Waals surface area (Å²) in [6, 6.07) is 12.7. The van der Waals surface area contributed by atoms with Crippen LogP contribution in [0.25, 0.3) is 0 Å². The van der Waals surface area contributed by atoms with Crippen LogP contribution in [0.3, 0.4) is 0 Å². The molecule has 3 atom stereocenters. The molecule has 27 heavy (non-hydrogen) atoms. The fraction of sp³-hybridized carbons (Fsp3) is 0.350. The maximum absolute atomic E-state index is 14.2. The van der Waals surface area contributed by atoms with Crippen LogP contribution >= 0.6 is 24.2 Å². The normalized spacial score (nSPS) is 22.2. The standard InChI is InChI=1S/C20H20F2N2OS.ClH/c21-16-6-7-17(22)18(8-16)26-19(13-4-2-1-3-5-13)20(25)24-11-14-9-23-10-15(14)12-24;/h1-8,14-15,19,23H,9-12H2;1H/t14-,15+,19?;. The molecule has 1 amide bonds. The number of thioether (sulfide) groups is 1. The number of carbonyl (C=O) groups is 1. The minimum atomic E-state index is -0.584. The van der Waals surface area contributed by atoms with Crippen LogP contribution in [0.5, 0.6) is 0 Å². The molecule has 7 heteroatoms. The van der Waals surface area contributed by atoms with E-state index >= 15 is 0 Å². The van der Waals surface area contributed by atoms with Gasteiger partial charge in [-0.3, -0.25) is 4.79 Å². The monoisotopic (exact) mass is 410 g/mol. The van der Waals surface area contributed by atoms with Gasteiger partial charge in [0.1, 0.15) is 16.9 Å². The summed E-state index contributed by atoms with van der Waals surface area (Å²) in [7, 11) is 0. The van der Waals surface area contributed by atoms with Crippen LogP contribution in [-0.4, -0.2) is 37.0 Å². The van der Waals surface area contributed by atoms with Gasteiger partial charge in [0.05, 0.1) is 0 Å². The van der Waals surface area contributed by atoms with Gasteiger partial charge in [0, 0.05) is 31.1 Å². The SMILES string of the molecule is Cl.O=C(C(Sc1cc(F)ccc1F)c1ccccc1)N1C[C@H]2CNC[C@H]2C1. The van der Waals surface area contributed by atoms with Crippen molar-refractivity contribution in [2.24, 2.45) is 11.8 Å². The lowest BCUT2D eigenvalue weighted by Crippen LogP contribution is -2.34. The van der Waals surface area contributed by atoms with Crippen LogP contribution in [0.2, 0.25) is 0 Å². The lowest BCUT2D eigenvalue weighted by Gasteiger charge is -2.24. The molecule has 2 aliphatic heterocycles. The summed E-state index contributed by atoms with van der Waals surface area (Å²) in [5.74, 6) is -0.0561. The van der Waals surface area contributed by atoms with Crippen molar-refractivity contribution < 1.29 is 13.6 Å². The highest BCUT2D eigenvalue weighted by Gasteiger charge is 2.40. The lowest BCUT2D eigenvalue weighted by molar-refractivity contribution is -0.130. The molecule has 4 rings (SSSR count). The fourth-order valence-corrected chi connectivity index (χ4v) is 4.94. The highest BCUT2D eigenvalue weighted by atomic mass is 35.5. The number of halogens is 3. The van der Waals surface area contributed by atoms with Gasteiger partial charge in [-0.1, -0.05) is 30.3 Å². The van der Waals surface area contributed by atoms with Crippen LogP contribution < -0.4 is 5.32 Å². The van der Waals surface area contributed by atoms with E-state index in [0.717, 1.165) is 61.7 Å². The van der Waals surface area contributed by atoms with E-state index < -0.39 is 16.9 Å². The second kappa shape index (κ2) is 8.59. The van der Waals surface area contributed by atoms with Gasteiger partial charge >= 0.3 is 0 Å². The molecule has 2 aliphatic rings. The maximum Gasteiger partial charge on any atom is 0.240 e. The van der Waals surface area contributed by atoms with Gasteiger partial charge in [-0.05, 0) is 35.6 Å². The Morgan fingerprint density at radius 3 is 2.41 bits per heavy atom. The third kappa shape index (κ3) is 4.28. The number of benzene rings is 2. The number of hydrogen-bond acceptors (Lipinski definition) is 3. The average molecular weight is 411 g/mol. The van der Waals surface area contributed by atoms with Crippen LogP contribution in [0.4, 0.5) is 8.78 Å². The molecule has 0 radical (unpaired) electrons. The minimum absolute atomic E-state index is 0. The first-order valence-electron chi connectivity index (χ1n) is 8.78. The van der Waals surface area contributed by atoms with Crippen molar-refractivity contribution in [1.82, 2.24) is 10.2 Å². The molecule has 0 saturated carbocycles. The van der Waals surface area contributed by atoms with Crippen LogP contribution in [-0.2, 0) is 4.79 Å². The van der Waals surface area contributed by atoms with E-state index in [-0.39, 0.29) is 23.2 Å². The lowest BCUT2D eigenvalue weighted by atomic mass is 10.0. The molecule has 0 aliphatic carbocycles. The first kappa shape index (κ1) is 20.1. The summed E-state index contributed by atoms with van der Waals surface area (Å²) < 4.78 is 27.7. The summed E-state index contributed by atoms with van der Waals surface area (Å²) in [5.41, 5.74) is 0.807. The largest absolute Gasteiger partial charge is 0.341 e. The van der Waals surface area contributed by atoms with Crippen molar-refractivity contribution in [3.05, 3.63) is 65.7 Å². The van der Waals surface area contributed by atoms with Gasteiger partial charge in [0.15, 0.2) is 0 Å². The summed E-state index contributed by atoms with van der Waals surface area (Å²) in [6.45, 7) is 3.34. The molecule has 0 aromatic heterocycles. The number of fused-ring (bicyclic) bond motifs is 1. The number of likely N-dealkylation sites (tertiary alicyclic amines) is 1. The third-order valence-electron chi connectivity index (χ3n) is 5.17. The molecule has 1 N–H and O–H groups in total. The van der Waals surface area contributed by atoms with Crippen molar-refractivity contribution in [2.75, 3.05) is 26.2 Å². The first-order chi connectivity index (χ1) is 12.6. The molecule has 2 saturated heterocycles. The first-order valence-corrected chi connectivity index (χ1v) is 9.66. The van der Waals surface area contributed by atoms with Gasteiger partial charge in [-0.15, -0.1) is 24.2 Å². The summed E-state index contributed by atoms with van der Waals surface area (Å²) in [6.07, 6.45) is 0. The average Bonchev–Trinajstić information content (AvgIpc) is 3.24. The zero-order valence-electron chi connectivity index (χ0n) is 14.6. The molecule has 0 bridgehead atoms. The molecular weight excluding hydrogens is 390 g/mol. The minimum Gasteiger partial charge on any atom is -0.341 e. The predicted molar refractivity (Wildman–Crippen MR) is 105 cm³/mol. The fourth-order valence-electron chi connectivity index (χ4n) is 3.78. The maximum atomic E-state index is 14.2. The van der Waals surface area contributed by atoms with Gasteiger partial charge in [0.25, 0.3) is 0 Å². The Morgan fingerprint density at radius 1 is 1.07 bits per heavy atom. The number of carbonyl (C=O) groups excluding carboxylic acids is 1. The molecule has 0 spiro atoms. The Bertz CT molecular complexity index is 796. The van der Waals surface area contributed by atoms with E-state index in [0.29, 0.717) is 11.8 Å². The topological polar surface area (TPSA) is 32.3 Å². The number of hydrogen-bond donors (Lipinski definition) is 1. The van der Waals surface area contributed by atoms with Crippen molar-refractivity contribution >= 4 is 30.1 Å². The highest BCUT2D eigenvalue weighted by Crippen LogP contribution is 2.40. The van der Waals surface area contributed by atoms with Gasteiger partial charge in [-0.25, -0.2) is 8.78 Å². The second-order valence-electron chi connectivity index (χ2n) is 6.90. The molecular formula is C20H21ClF2N2OS. The second-order valence-corrected chi connectivity index (χ2v) is 8.05. The van der Waals surface area contributed by atoms with Crippen LogP contribution in [0.1, 0.15) is 10.8 Å². The molecule has 2 aromatic rings. The van der Waals surface area contributed by atoms with Crippen LogP contribution in [0, 0.1) is 23.5 Å². The molecule has 2 heterocycles. The Balaban J connectivity index is 0.00000210. The van der Waals surface area contributed by atoms with E-state index in [1.165, 1.54) is 0 Å². The summed E-state index contributed by atoms with van der Waals surface area (Å²) >= 11 is 1.08. The van der Waals surface area contributed by atoms with Crippen molar-refractivity contribution in [3.8, 4) is 0 Å².